The van der Waals surface area contributed by atoms with E-state index in [2.05, 4.69) is 53.1 Å². The minimum atomic E-state index is -0.654. The van der Waals surface area contributed by atoms with Crippen LogP contribution in [-0.2, 0) is 46.4 Å². The molecule has 3 aromatic heterocycles. The molecule has 71 heavy (non-hydrogen) atoms. The van der Waals surface area contributed by atoms with Crippen molar-refractivity contribution in [2.24, 2.45) is 13.0 Å². The number of piperazine rings is 1. The number of nitrogens with one attached hydrogen (secondary N) is 2. The van der Waals surface area contributed by atoms with Gasteiger partial charge in [0.25, 0.3) is 11.5 Å². The van der Waals surface area contributed by atoms with Crippen molar-refractivity contribution in [3.8, 4) is 5.69 Å². The average Bonchev–Trinajstić information content (AvgIpc) is 3.84. The van der Waals surface area contributed by atoms with Crippen LogP contribution in [-0.4, -0.2) is 129 Å². The molecule has 15 nitrogen and oxygen atoms in total. The molecule has 1 saturated carbocycles. The summed E-state index contributed by atoms with van der Waals surface area (Å²) in [4.78, 5) is 80.6. The Kier molecular flexibility index (Phi) is 11.7. The lowest BCUT2D eigenvalue weighted by molar-refractivity contribution is -0.135. The summed E-state index contributed by atoms with van der Waals surface area (Å²) in [7, 11) is 1.98. The second kappa shape index (κ2) is 18.1. The number of carbonyl (C=O) groups excluding carboxylic acids is 4. The number of aryl methyl sites for hydroxylation is 1. The molecule has 0 radical (unpaired) electrons. The number of hydrogen-bond acceptors (Lipinski definition) is 10. The van der Waals surface area contributed by atoms with Gasteiger partial charge in [-0.2, -0.15) is 0 Å². The first kappa shape index (κ1) is 45.8. The van der Waals surface area contributed by atoms with Gasteiger partial charge in [0.15, 0.2) is 0 Å². The predicted molar refractivity (Wildman–Crippen MR) is 263 cm³/mol. The lowest BCUT2D eigenvalue weighted by Gasteiger charge is -2.39. The standard InChI is InChI=1S/C54H60F2N10O5/c1-60-37(29-39-44(7-16-58-49(39)60)65-21-12-43-38(52(65)70)6-15-57-43)32-61-17-10-35(11-18-61)48-41(55)27-36(28-42(48)56)51(69)64-19-8-33(9-20-64)30-62-22-24-63(25-23-62)31-34-2-3-45-40(26-34)54(13-14-54)53(71)66(45)46-4-5-47(67)59-50(46)68/h2-3,7,12,16,21,26-29,33,35,46,57H,4-6,8-11,13-15,17-20,22-25,30-32H2,1H3,(H,59,67,68)/t46-/m0/s1. The molecule has 1 aliphatic carbocycles. The van der Waals surface area contributed by atoms with E-state index in [4.69, 9.17) is 0 Å². The first-order valence-corrected chi connectivity index (χ1v) is 25.6. The molecule has 1 atom stereocenters. The van der Waals surface area contributed by atoms with Crippen LogP contribution in [0.3, 0.4) is 0 Å². The first-order valence-electron chi connectivity index (χ1n) is 25.6. The third kappa shape index (κ3) is 8.23. The van der Waals surface area contributed by atoms with E-state index in [0.29, 0.717) is 64.3 Å². The predicted octanol–water partition coefficient (Wildman–Crippen LogP) is 5.20. The second-order valence-corrected chi connectivity index (χ2v) is 21.1. The number of imide groups is 1. The Labute approximate surface area is 410 Å². The molecule has 5 fully saturated rings. The van der Waals surface area contributed by atoms with E-state index in [9.17, 15) is 24.0 Å². The number of anilines is 2. The third-order valence-corrected chi connectivity index (χ3v) is 16.9. The Balaban J connectivity index is 0.610. The molecule has 2 aromatic carbocycles. The highest BCUT2D eigenvalue weighted by Crippen LogP contribution is 2.58. The van der Waals surface area contributed by atoms with Gasteiger partial charge in [-0.1, -0.05) is 12.1 Å². The minimum absolute atomic E-state index is 0.0162. The highest BCUT2D eigenvalue weighted by atomic mass is 19.1. The van der Waals surface area contributed by atoms with Gasteiger partial charge >= 0.3 is 0 Å². The number of piperidine rings is 3. The molecule has 9 heterocycles. The maximum absolute atomic E-state index is 15.9. The van der Waals surface area contributed by atoms with E-state index in [0.717, 1.165) is 122 Å². The number of fused-ring (bicyclic) bond motifs is 4. The number of amides is 4. The first-order chi connectivity index (χ1) is 34.4. The maximum atomic E-state index is 15.9. The topological polar surface area (TPSA) is 148 Å². The van der Waals surface area contributed by atoms with E-state index in [-0.39, 0.29) is 46.7 Å². The van der Waals surface area contributed by atoms with Crippen molar-refractivity contribution in [1.82, 2.24) is 39.0 Å². The summed E-state index contributed by atoms with van der Waals surface area (Å²) in [6.07, 6.45) is 9.22. The number of pyridine rings is 2. The third-order valence-electron chi connectivity index (χ3n) is 16.9. The van der Waals surface area contributed by atoms with Gasteiger partial charge in [0.1, 0.15) is 23.3 Å². The normalized spacial score (nSPS) is 22.1. The fourth-order valence-corrected chi connectivity index (χ4v) is 12.7. The lowest BCUT2D eigenvalue weighted by atomic mass is 9.87. The number of hydrogen-bond donors (Lipinski definition) is 2. The molecular weight excluding hydrogens is 907 g/mol. The summed E-state index contributed by atoms with van der Waals surface area (Å²) in [5.74, 6) is -2.20. The highest BCUT2D eigenvalue weighted by Gasteiger charge is 2.61. The van der Waals surface area contributed by atoms with Crippen LogP contribution in [0, 0.1) is 17.6 Å². The van der Waals surface area contributed by atoms with Crippen molar-refractivity contribution in [3.63, 3.8) is 0 Å². The molecule has 5 aromatic rings. The molecule has 0 unspecified atom stereocenters. The van der Waals surface area contributed by atoms with Crippen LogP contribution in [0.5, 0.6) is 0 Å². The SMILES string of the molecule is Cn1c(CN2CCC(c3c(F)cc(C(=O)N4CCC(CN5CCN(Cc6ccc7c(c6)C6(CC6)C(=O)N7[C@H]6CCC(=O)NC6=O)CC5)CC4)cc3F)CC2)cc2c(-n3ccc4c(c3=O)CCN4)ccnc21. The van der Waals surface area contributed by atoms with Crippen molar-refractivity contribution >= 4 is 46.0 Å². The fraction of sp³-hybridized carbons (Fsp3) is 0.481. The molecule has 2 N–H and O–H groups in total. The van der Waals surface area contributed by atoms with Crippen LogP contribution < -0.4 is 21.1 Å². The molecule has 0 bridgehead atoms. The van der Waals surface area contributed by atoms with Crippen molar-refractivity contribution < 1.29 is 28.0 Å². The average molecular weight is 967 g/mol. The fourth-order valence-electron chi connectivity index (χ4n) is 12.7. The molecule has 1 spiro atoms. The molecule has 12 rings (SSSR count). The second-order valence-electron chi connectivity index (χ2n) is 21.1. The molecule has 370 valence electrons. The number of carbonyl (C=O) groups is 4. The Bertz CT molecular complexity index is 3030. The Morgan fingerprint density at radius 2 is 1.52 bits per heavy atom. The zero-order valence-corrected chi connectivity index (χ0v) is 40.2. The van der Waals surface area contributed by atoms with Crippen molar-refractivity contribution in [1.29, 1.82) is 0 Å². The lowest BCUT2D eigenvalue weighted by Crippen LogP contribution is -2.54. The van der Waals surface area contributed by atoms with E-state index in [1.54, 1.807) is 20.6 Å². The highest BCUT2D eigenvalue weighted by molar-refractivity contribution is 6.15. The Morgan fingerprint density at radius 1 is 0.789 bits per heavy atom. The van der Waals surface area contributed by atoms with Gasteiger partial charge in [0.2, 0.25) is 17.7 Å². The van der Waals surface area contributed by atoms with E-state index in [1.165, 1.54) is 12.1 Å². The van der Waals surface area contributed by atoms with Gasteiger partial charge < -0.3 is 19.7 Å². The summed E-state index contributed by atoms with van der Waals surface area (Å²) >= 11 is 0. The number of aromatic nitrogens is 3. The van der Waals surface area contributed by atoms with Gasteiger partial charge in [0, 0.05) is 130 Å². The quantitative estimate of drug-likeness (QED) is 0.179. The monoisotopic (exact) mass is 966 g/mol. The number of halogens is 2. The van der Waals surface area contributed by atoms with Crippen LogP contribution in [0.25, 0.3) is 16.7 Å². The van der Waals surface area contributed by atoms with Crippen LogP contribution in [0.2, 0.25) is 0 Å². The van der Waals surface area contributed by atoms with Crippen LogP contribution >= 0.6 is 0 Å². The van der Waals surface area contributed by atoms with Crippen molar-refractivity contribution in [2.75, 3.05) is 75.7 Å². The van der Waals surface area contributed by atoms with E-state index >= 15 is 8.78 Å². The molecule has 6 aliphatic heterocycles. The zero-order valence-electron chi connectivity index (χ0n) is 40.2. The summed E-state index contributed by atoms with van der Waals surface area (Å²) in [6.45, 7) is 9.22. The van der Waals surface area contributed by atoms with Crippen molar-refractivity contribution in [3.05, 3.63) is 116 Å². The number of likely N-dealkylation sites (tertiary alicyclic amines) is 2. The number of rotatable bonds is 10. The van der Waals surface area contributed by atoms with Crippen LogP contribution in [0.1, 0.15) is 95.6 Å². The summed E-state index contributed by atoms with van der Waals surface area (Å²) < 4.78 is 35.5. The molecule has 4 saturated heterocycles. The number of nitrogens with zero attached hydrogens (tertiary/aromatic N) is 8. The van der Waals surface area contributed by atoms with Crippen LogP contribution in [0.15, 0.2) is 65.7 Å². The Hall–Kier alpha value is -6.30. The minimum Gasteiger partial charge on any atom is -0.384 e. The van der Waals surface area contributed by atoms with Gasteiger partial charge in [-0.3, -0.25) is 48.6 Å². The number of benzene rings is 2. The molecule has 4 amide bonds. The van der Waals surface area contributed by atoms with Crippen LogP contribution in [0.4, 0.5) is 20.2 Å². The molecular formula is C54H60F2N10O5. The largest absolute Gasteiger partial charge is 0.384 e. The Morgan fingerprint density at radius 3 is 2.25 bits per heavy atom. The smallest absolute Gasteiger partial charge is 0.260 e. The summed E-state index contributed by atoms with van der Waals surface area (Å²) in [5, 5.41) is 6.58. The van der Waals surface area contributed by atoms with Gasteiger partial charge in [0.05, 0.1) is 11.1 Å². The van der Waals surface area contributed by atoms with Crippen molar-refractivity contribution in [2.45, 2.75) is 88.3 Å². The zero-order chi connectivity index (χ0) is 48.7. The summed E-state index contributed by atoms with van der Waals surface area (Å²) in [5.41, 5.74) is 6.85. The summed E-state index contributed by atoms with van der Waals surface area (Å²) in [6, 6.07) is 14.0. The van der Waals surface area contributed by atoms with E-state index < -0.39 is 29.0 Å². The van der Waals surface area contributed by atoms with Gasteiger partial charge in [-0.05, 0) is 124 Å². The molecule has 7 aliphatic rings. The van der Waals surface area contributed by atoms with Gasteiger partial charge in [-0.15, -0.1) is 0 Å². The molecule has 17 heteroatoms. The van der Waals surface area contributed by atoms with E-state index in [1.807, 2.05) is 31.4 Å². The maximum Gasteiger partial charge on any atom is 0.260 e. The van der Waals surface area contributed by atoms with Gasteiger partial charge in [-0.25, -0.2) is 13.8 Å².